The van der Waals surface area contributed by atoms with Crippen LogP contribution in [0.25, 0.3) is 0 Å². The zero-order valence-corrected chi connectivity index (χ0v) is 28.0. The van der Waals surface area contributed by atoms with Gasteiger partial charge in [0.15, 0.2) is 11.9 Å². The summed E-state index contributed by atoms with van der Waals surface area (Å²) in [4.78, 5) is 26.8. The number of fused-ring (bicyclic) bond motifs is 3. The molecule has 209 valence electrons. The van der Waals surface area contributed by atoms with Crippen molar-refractivity contribution in [3.8, 4) is 0 Å². The summed E-state index contributed by atoms with van der Waals surface area (Å²) in [6.45, 7) is 13.6. The van der Waals surface area contributed by atoms with Crippen LogP contribution in [0.1, 0.15) is 68.2 Å². The minimum atomic E-state index is -1.65. The molecule has 7 unspecified atom stereocenters. The number of hydrogen-bond donors (Lipinski definition) is 5. The molecule has 1 saturated carbocycles. The Kier molecular flexibility index (Phi) is 10.4. The molecular weight excluding hydrogens is 695 g/mol. The minimum Gasteiger partial charge on any atom is -0.456 e. The van der Waals surface area contributed by atoms with Crippen LogP contribution in [0.3, 0.4) is 0 Å². The summed E-state index contributed by atoms with van der Waals surface area (Å²) in [7, 11) is 0. The molecule has 2 aliphatic carbocycles. The van der Waals surface area contributed by atoms with Crippen LogP contribution >= 0.6 is 0 Å². The Morgan fingerprint density at radius 2 is 1.73 bits per heavy atom. The zero-order valence-electron chi connectivity index (χ0n) is 23.3. The van der Waals surface area contributed by atoms with Crippen molar-refractivity contribution in [1.82, 2.24) is 0 Å². The number of esters is 1. The van der Waals surface area contributed by atoms with Gasteiger partial charge in [0.1, 0.15) is 17.8 Å². The normalized spacial score (nSPS) is 43.6. The molecule has 37 heavy (non-hydrogen) atoms. The molecule has 3 aliphatic rings. The molecule has 1 aliphatic heterocycles. The SMILES string of the molecule is C/C1=C(/C(C)(C)C)C(O)C(=O)[C@]2(C)C(O)CC3OC[C@@]3(O)C2[C@H](C)C(O)CC1OC(=O)C(O)C(C)C.[Ac]. The van der Waals surface area contributed by atoms with E-state index in [1.54, 1.807) is 34.6 Å². The second-order valence-electron chi connectivity index (χ2n) is 12.7. The van der Waals surface area contributed by atoms with Gasteiger partial charge < -0.3 is 35.0 Å². The summed E-state index contributed by atoms with van der Waals surface area (Å²) in [5.74, 6) is -3.56. The molecule has 0 spiro atoms. The molecular formula is C27H44AcO9. The summed E-state index contributed by atoms with van der Waals surface area (Å²) < 4.78 is 11.2. The van der Waals surface area contributed by atoms with Crippen LogP contribution in [0, 0.1) is 72.6 Å². The van der Waals surface area contributed by atoms with Crippen molar-refractivity contribution < 1.29 is 88.7 Å². The Bertz CT molecular complexity index is 912. The van der Waals surface area contributed by atoms with Crippen molar-refractivity contribution >= 4 is 11.8 Å². The predicted molar refractivity (Wildman–Crippen MR) is 131 cm³/mol. The quantitative estimate of drug-likeness (QED) is 0.212. The number of carbonyl (C=O) groups excluding carboxylic acids is 2. The number of ketones is 1. The predicted octanol–water partition coefficient (Wildman–Crippen LogP) is 1.13. The van der Waals surface area contributed by atoms with E-state index in [2.05, 4.69) is 0 Å². The van der Waals surface area contributed by atoms with Crippen LogP contribution in [-0.2, 0) is 19.1 Å². The van der Waals surface area contributed by atoms with Crippen LogP contribution in [0.4, 0.5) is 0 Å². The van der Waals surface area contributed by atoms with E-state index in [1.807, 2.05) is 20.8 Å². The second-order valence-corrected chi connectivity index (χ2v) is 12.7. The summed E-state index contributed by atoms with van der Waals surface area (Å²) >= 11 is 0. The van der Waals surface area contributed by atoms with E-state index < -0.39 is 82.6 Å². The number of carbonyl (C=O) groups is 2. The molecule has 1 saturated heterocycles. The molecule has 0 bridgehead atoms. The molecule has 0 aromatic rings. The smallest absolute Gasteiger partial charge is 0.335 e. The number of ether oxygens (including phenoxy) is 2. The molecule has 0 amide bonds. The van der Waals surface area contributed by atoms with Gasteiger partial charge in [-0.3, -0.25) is 4.79 Å². The summed E-state index contributed by atoms with van der Waals surface area (Å²) in [5, 5.41) is 56.0. The number of aliphatic hydroxyl groups excluding tert-OH is 4. The molecule has 10 heteroatoms. The first-order valence-electron chi connectivity index (χ1n) is 12.9. The maximum absolute atomic E-state index is 14.1. The largest absolute Gasteiger partial charge is 0.456 e. The van der Waals surface area contributed by atoms with Gasteiger partial charge in [-0.2, -0.15) is 0 Å². The van der Waals surface area contributed by atoms with Gasteiger partial charge in [-0.15, -0.1) is 0 Å². The van der Waals surface area contributed by atoms with Crippen LogP contribution in [0.2, 0.25) is 0 Å². The van der Waals surface area contributed by atoms with Crippen molar-refractivity contribution in [2.24, 2.45) is 28.6 Å². The molecule has 3 rings (SSSR count). The first kappa shape index (κ1) is 33.3. The van der Waals surface area contributed by atoms with Crippen LogP contribution < -0.4 is 0 Å². The number of rotatable bonds is 3. The van der Waals surface area contributed by atoms with Crippen LogP contribution in [-0.4, -0.2) is 86.1 Å². The second kappa shape index (κ2) is 11.5. The van der Waals surface area contributed by atoms with Gasteiger partial charge in [0.25, 0.3) is 0 Å². The van der Waals surface area contributed by atoms with Crippen molar-refractivity contribution in [1.29, 1.82) is 0 Å². The fourth-order valence-electron chi connectivity index (χ4n) is 6.69. The Labute approximate surface area is 255 Å². The molecule has 0 aromatic carbocycles. The number of hydrogen-bond acceptors (Lipinski definition) is 9. The van der Waals surface area contributed by atoms with E-state index in [9.17, 15) is 35.1 Å². The molecule has 0 aromatic heterocycles. The molecule has 2 fully saturated rings. The van der Waals surface area contributed by atoms with E-state index in [1.165, 1.54) is 0 Å². The third-order valence-corrected chi connectivity index (χ3v) is 8.88. The van der Waals surface area contributed by atoms with E-state index in [0.717, 1.165) is 0 Å². The van der Waals surface area contributed by atoms with Crippen molar-refractivity contribution in [2.45, 2.75) is 110 Å². The maximum atomic E-state index is 14.1. The van der Waals surface area contributed by atoms with Gasteiger partial charge in [0, 0.05) is 62.8 Å². The van der Waals surface area contributed by atoms with Gasteiger partial charge in [-0.05, 0) is 42.2 Å². The van der Waals surface area contributed by atoms with E-state index in [0.29, 0.717) is 11.1 Å². The van der Waals surface area contributed by atoms with Crippen molar-refractivity contribution in [3.05, 3.63) is 11.1 Å². The Hall–Kier alpha value is 0.0816. The van der Waals surface area contributed by atoms with Crippen LogP contribution in [0.15, 0.2) is 11.1 Å². The van der Waals surface area contributed by atoms with Gasteiger partial charge in [-0.25, -0.2) is 4.79 Å². The third kappa shape index (κ3) is 5.66. The first-order chi connectivity index (χ1) is 16.4. The van der Waals surface area contributed by atoms with Crippen molar-refractivity contribution in [2.75, 3.05) is 6.61 Å². The van der Waals surface area contributed by atoms with E-state index in [-0.39, 0.29) is 63.5 Å². The Balaban J connectivity index is 0.00000481. The maximum Gasteiger partial charge on any atom is 0.335 e. The standard InChI is InChI=1S/C27H44O9.Ac/c1-12(2)20(30)24(33)36-16-9-15(28)13(3)22-26(8,17(29)10-18-27(22,34)11-35-18)23(32)21(31)19(14(16)4)25(5,6)7;/h12-13,15-18,20-22,28-31,34H,9-11H2,1-8H3;/b19-14-;/t13-,15?,16?,17?,18?,20?,21?,22?,26-,27+;/m1./s1. The number of aliphatic hydroxyl groups is 5. The molecule has 5 N–H and O–H groups in total. The molecule has 9 nitrogen and oxygen atoms in total. The summed E-state index contributed by atoms with van der Waals surface area (Å²) in [6.07, 6.45) is -7.13. The average Bonchev–Trinajstić information content (AvgIpc) is 2.77. The summed E-state index contributed by atoms with van der Waals surface area (Å²) in [6, 6.07) is 0. The average molecular weight is 740 g/mol. The van der Waals surface area contributed by atoms with E-state index in [4.69, 9.17) is 9.47 Å². The fraction of sp³-hybridized carbons (Fsp3) is 0.852. The minimum absolute atomic E-state index is 0. The topological polar surface area (TPSA) is 154 Å². The Morgan fingerprint density at radius 1 is 1.16 bits per heavy atom. The van der Waals surface area contributed by atoms with Gasteiger partial charge in [0.05, 0.1) is 30.3 Å². The van der Waals surface area contributed by atoms with Crippen molar-refractivity contribution in [3.63, 3.8) is 0 Å². The fourth-order valence-corrected chi connectivity index (χ4v) is 6.69. The zero-order chi connectivity index (χ0) is 27.5. The number of Topliss-reactive ketones (excluding diaryl/α,β-unsaturated/α-hetero) is 1. The van der Waals surface area contributed by atoms with Crippen LogP contribution in [0.5, 0.6) is 0 Å². The molecule has 1 heterocycles. The van der Waals surface area contributed by atoms with E-state index >= 15 is 0 Å². The molecule has 10 atom stereocenters. The van der Waals surface area contributed by atoms with Gasteiger partial charge >= 0.3 is 5.97 Å². The summed E-state index contributed by atoms with van der Waals surface area (Å²) in [5.41, 5.74) is -3.06. The van der Waals surface area contributed by atoms with Gasteiger partial charge in [-0.1, -0.05) is 41.5 Å². The Morgan fingerprint density at radius 3 is 2.19 bits per heavy atom. The third-order valence-electron chi connectivity index (χ3n) is 8.88. The van der Waals surface area contributed by atoms with Gasteiger partial charge in [0.2, 0.25) is 0 Å². The first-order valence-corrected chi connectivity index (χ1v) is 12.9. The molecule has 1 radical (unpaired) electrons. The monoisotopic (exact) mass is 739 g/mol.